The molecule has 2 aliphatic rings. The molecule has 2 rings (SSSR count). The highest BCUT2D eigenvalue weighted by Gasteiger charge is 2.31. The topological polar surface area (TPSA) is 36.4 Å². The van der Waals surface area contributed by atoms with Crippen molar-refractivity contribution in [1.82, 2.24) is 10.6 Å². The molecule has 0 amide bonds. The van der Waals surface area contributed by atoms with Crippen LogP contribution in [0.5, 0.6) is 0 Å². The predicted octanol–water partition coefficient (Wildman–Crippen LogP) is 2.76. The first-order valence-corrected chi connectivity index (χ1v) is 6.71. The van der Waals surface area contributed by atoms with E-state index in [1.165, 1.54) is 25.7 Å². The lowest BCUT2D eigenvalue weighted by atomic mass is 9.78. The van der Waals surface area contributed by atoms with Crippen LogP contribution in [0.15, 0.2) is 4.99 Å². The number of aliphatic imine (C=N–C) groups is 1. The smallest absolute Gasteiger partial charge is 0.191 e. The molecule has 0 bridgehead atoms. The summed E-state index contributed by atoms with van der Waals surface area (Å²) in [6, 6.07) is 0. The fourth-order valence-corrected chi connectivity index (χ4v) is 2.81. The molecule has 4 heteroatoms. The lowest BCUT2D eigenvalue weighted by Gasteiger charge is -2.32. The van der Waals surface area contributed by atoms with Crippen molar-refractivity contribution in [1.29, 1.82) is 0 Å². The van der Waals surface area contributed by atoms with Gasteiger partial charge < -0.3 is 10.6 Å². The number of rotatable bonds is 3. The minimum Gasteiger partial charge on any atom is -0.356 e. The normalized spacial score (nSPS) is 21.4. The summed E-state index contributed by atoms with van der Waals surface area (Å²) < 4.78 is 0. The fraction of sp³-hybridized carbons (Fsp3) is 0.923. The molecule has 100 valence electrons. The maximum absolute atomic E-state index is 4.45. The third kappa shape index (κ3) is 4.30. The largest absolute Gasteiger partial charge is 0.356 e. The molecule has 2 N–H and O–H groups in total. The molecule has 17 heavy (non-hydrogen) atoms. The zero-order valence-electron chi connectivity index (χ0n) is 11.1. The van der Waals surface area contributed by atoms with E-state index in [0.29, 0.717) is 5.41 Å². The van der Waals surface area contributed by atoms with Crippen LogP contribution in [-0.2, 0) is 0 Å². The molecule has 0 saturated heterocycles. The summed E-state index contributed by atoms with van der Waals surface area (Å²) >= 11 is 0. The Kier molecular flexibility index (Phi) is 6.03. The highest BCUT2D eigenvalue weighted by Crippen LogP contribution is 2.38. The van der Waals surface area contributed by atoms with Crippen molar-refractivity contribution in [3.05, 3.63) is 0 Å². The van der Waals surface area contributed by atoms with Gasteiger partial charge in [-0.2, -0.15) is 0 Å². The van der Waals surface area contributed by atoms with Crippen LogP contribution in [-0.4, -0.2) is 25.6 Å². The van der Waals surface area contributed by atoms with Gasteiger partial charge in [-0.25, -0.2) is 0 Å². The van der Waals surface area contributed by atoms with Crippen molar-refractivity contribution in [2.45, 2.75) is 46.0 Å². The van der Waals surface area contributed by atoms with Crippen LogP contribution < -0.4 is 10.6 Å². The minimum atomic E-state index is 0. The van der Waals surface area contributed by atoms with Crippen LogP contribution in [0.25, 0.3) is 0 Å². The first-order chi connectivity index (χ1) is 7.68. The zero-order chi connectivity index (χ0) is 11.4. The van der Waals surface area contributed by atoms with Crippen molar-refractivity contribution in [2.75, 3.05) is 19.6 Å². The van der Waals surface area contributed by atoms with Gasteiger partial charge in [0.2, 0.25) is 0 Å². The number of hydrogen-bond donors (Lipinski definition) is 2. The molecular formula is C13H26IN3. The summed E-state index contributed by atoms with van der Waals surface area (Å²) in [5.41, 5.74) is 0.401. The zero-order valence-corrected chi connectivity index (χ0v) is 13.4. The van der Waals surface area contributed by atoms with Gasteiger partial charge in [-0.15, -0.1) is 24.0 Å². The van der Waals surface area contributed by atoms with E-state index in [1.807, 2.05) is 0 Å². The molecule has 0 aromatic rings. The fourth-order valence-electron chi connectivity index (χ4n) is 2.81. The van der Waals surface area contributed by atoms with E-state index in [-0.39, 0.29) is 24.0 Å². The van der Waals surface area contributed by atoms with Gasteiger partial charge in [0.15, 0.2) is 5.96 Å². The van der Waals surface area contributed by atoms with Crippen molar-refractivity contribution in [3.8, 4) is 0 Å². The first-order valence-electron chi connectivity index (χ1n) is 6.71. The van der Waals surface area contributed by atoms with Crippen LogP contribution in [0.3, 0.4) is 0 Å². The molecule has 3 nitrogen and oxygen atoms in total. The van der Waals surface area contributed by atoms with Gasteiger partial charge in [0.1, 0.15) is 0 Å². The van der Waals surface area contributed by atoms with E-state index in [1.54, 1.807) is 0 Å². The Morgan fingerprint density at radius 2 is 2.00 bits per heavy atom. The van der Waals surface area contributed by atoms with Crippen LogP contribution in [0.1, 0.15) is 46.0 Å². The second-order valence-corrected chi connectivity index (χ2v) is 5.83. The van der Waals surface area contributed by atoms with Gasteiger partial charge in [0.05, 0.1) is 0 Å². The third-order valence-electron chi connectivity index (χ3n) is 4.07. The van der Waals surface area contributed by atoms with Gasteiger partial charge in [-0.1, -0.05) is 26.7 Å². The summed E-state index contributed by atoms with van der Waals surface area (Å²) in [5, 5.41) is 6.80. The van der Waals surface area contributed by atoms with Crippen molar-refractivity contribution in [3.63, 3.8) is 0 Å². The summed E-state index contributed by atoms with van der Waals surface area (Å²) in [6.07, 6.45) is 6.83. The summed E-state index contributed by atoms with van der Waals surface area (Å²) in [5.74, 6) is 1.90. The lowest BCUT2D eigenvalue weighted by Crippen LogP contribution is -2.45. The van der Waals surface area contributed by atoms with Crippen LogP contribution in [0, 0.1) is 11.3 Å². The van der Waals surface area contributed by atoms with E-state index in [9.17, 15) is 0 Å². The van der Waals surface area contributed by atoms with Crippen LogP contribution >= 0.6 is 24.0 Å². The van der Waals surface area contributed by atoms with Crippen molar-refractivity contribution >= 4 is 29.9 Å². The number of guanidine groups is 1. The number of nitrogens with one attached hydrogen (secondary N) is 2. The average Bonchev–Trinajstić information content (AvgIpc) is 2.82. The number of hydrogen-bond acceptors (Lipinski definition) is 3. The second-order valence-electron chi connectivity index (χ2n) is 5.83. The standard InChI is InChI=1S/C13H25N3.HI/c1-13(2,11-6-3-4-7-11)10-16-12-14-8-5-9-15-12;/h11H,3-10H2,1-2H3,(H2,14,15,16);1H. The Hall–Kier alpha value is 0. The quantitative estimate of drug-likeness (QED) is 0.768. The average molecular weight is 351 g/mol. The molecule has 1 aliphatic heterocycles. The molecule has 1 heterocycles. The van der Waals surface area contributed by atoms with Crippen LogP contribution in [0.2, 0.25) is 0 Å². The third-order valence-corrected chi connectivity index (χ3v) is 4.07. The van der Waals surface area contributed by atoms with Crippen LogP contribution in [0.4, 0.5) is 0 Å². The molecule has 0 aromatic heterocycles. The van der Waals surface area contributed by atoms with E-state index in [4.69, 9.17) is 0 Å². The number of halogens is 1. The Balaban J connectivity index is 0.00000144. The molecule has 0 atom stereocenters. The van der Waals surface area contributed by atoms with E-state index < -0.39 is 0 Å². The maximum atomic E-state index is 4.45. The first kappa shape index (κ1) is 15.1. The van der Waals surface area contributed by atoms with E-state index in [0.717, 1.165) is 37.9 Å². The molecule has 0 unspecified atom stereocenters. The number of nitrogens with zero attached hydrogens (tertiary/aromatic N) is 1. The minimum absolute atomic E-state index is 0. The Morgan fingerprint density at radius 3 is 2.59 bits per heavy atom. The van der Waals surface area contributed by atoms with Crippen molar-refractivity contribution in [2.24, 2.45) is 16.3 Å². The molecular weight excluding hydrogens is 325 g/mol. The van der Waals surface area contributed by atoms with Gasteiger partial charge in [-0.3, -0.25) is 4.99 Å². The molecule has 0 aromatic carbocycles. The molecule has 0 spiro atoms. The predicted molar refractivity (Wildman–Crippen MR) is 84.1 cm³/mol. The second kappa shape index (κ2) is 6.81. The Morgan fingerprint density at radius 1 is 1.29 bits per heavy atom. The highest BCUT2D eigenvalue weighted by atomic mass is 127. The van der Waals surface area contributed by atoms with Gasteiger partial charge in [0, 0.05) is 19.6 Å². The summed E-state index contributed by atoms with van der Waals surface area (Å²) in [4.78, 5) is 4.45. The van der Waals surface area contributed by atoms with Gasteiger partial charge in [-0.05, 0) is 30.6 Å². The highest BCUT2D eigenvalue weighted by molar-refractivity contribution is 14.0. The molecule has 0 radical (unpaired) electrons. The molecule has 1 aliphatic carbocycles. The Bertz CT molecular complexity index is 257. The van der Waals surface area contributed by atoms with Crippen molar-refractivity contribution < 1.29 is 0 Å². The van der Waals surface area contributed by atoms with E-state index >= 15 is 0 Å². The molecule has 1 saturated carbocycles. The summed E-state index contributed by atoms with van der Waals surface area (Å²) in [6.45, 7) is 7.86. The van der Waals surface area contributed by atoms with Gasteiger partial charge in [0.25, 0.3) is 0 Å². The van der Waals surface area contributed by atoms with E-state index in [2.05, 4.69) is 29.5 Å². The monoisotopic (exact) mass is 351 g/mol. The molecule has 1 fully saturated rings. The maximum Gasteiger partial charge on any atom is 0.191 e. The SMILES string of the molecule is CC(C)(CNC1=NCCCN1)C1CCCC1.I. The lowest BCUT2D eigenvalue weighted by molar-refractivity contribution is 0.218. The van der Waals surface area contributed by atoms with Gasteiger partial charge >= 0.3 is 0 Å². The Labute approximate surface area is 122 Å². The summed E-state index contributed by atoms with van der Waals surface area (Å²) in [7, 11) is 0.